The second-order valence-corrected chi connectivity index (χ2v) is 7.50. The van der Waals surface area contributed by atoms with Crippen LogP contribution in [-0.4, -0.2) is 38.2 Å². The van der Waals surface area contributed by atoms with Crippen LogP contribution in [0, 0.1) is 0 Å². The zero-order chi connectivity index (χ0) is 18.8. The summed E-state index contributed by atoms with van der Waals surface area (Å²) in [6.07, 6.45) is 5.29. The van der Waals surface area contributed by atoms with Gasteiger partial charge in [-0.1, -0.05) is 19.1 Å². The van der Waals surface area contributed by atoms with Crippen LogP contribution in [0.2, 0.25) is 0 Å². The Morgan fingerprint density at radius 2 is 2.26 bits per heavy atom. The van der Waals surface area contributed by atoms with Crippen molar-refractivity contribution in [2.24, 2.45) is 0 Å². The number of hydrogen-bond donors (Lipinski definition) is 2. The van der Waals surface area contributed by atoms with Crippen molar-refractivity contribution in [3.63, 3.8) is 0 Å². The highest BCUT2D eigenvalue weighted by Gasteiger charge is 2.27. The van der Waals surface area contributed by atoms with E-state index in [0.29, 0.717) is 6.42 Å². The molecular weight excluding hydrogens is 338 g/mol. The van der Waals surface area contributed by atoms with E-state index in [1.54, 1.807) is 0 Å². The SMILES string of the molecule is CCC(=O)NC(C)CC1CN(Cc2cccc3[nH]ccc23)Cc2ccnn21. The largest absolute Gasteiger partial charge is 0.361 e. The second-order valence-electron chi connectivity index (χ2n) is 7.50. The molecule has 6 nitrogen and oxygen atoms in total. The van der Waals surface area contributed by atoms with E-state index in [4.69, 9.17) is 0 Å². The Morgan fingerprint density at radius 3 is 3.11 bits per heavy atom. The molecule has 142 valence electrons. The summed E-state index contributed by atoms with van der Waals surface area (Å²) in [4.78, 5) is 17.5. The van der Waals surface area contributed by atoms with Crippen LogP contribution < -0.4 is 5.32 Å². The number of rotatable bonds is 6. The maximum Gasteiger partial charge on any atom is 0.219 e. The van der Waals surface area contributed by atoms with E-state index in [1.807, 2.05) is 19.3 Å². The summed E-state index contributed by atoms with van der Waals surface area (Å²) in [5.74, 6) is 0.106. The third-order valence-electron chi connectivity index (χ3n) is 5.39. The quantitative estimate of drug-likeness (QED) is 0.705. The van der Waals surface area contributed by atoms with Gasteiger partial charge in [-0.2, -0.15) is 5.10 Å². The number of nitrogens with zero attached hydrogens (tertiary/aromatic N) is 3. The van der Waals surface area contributed by atoms with E-state index in [1.165, 1.54) is 22.2 Å². The summed E-state index contributed by atoms with van der Waals surface area (Å²) >= 11 is 0. The third-order valence-corrected chi connectivity index (χ3v) is 5.39. The molecule has 1 aliphatic rings. The van der Waals surface area contributed by atoms with Crippen LogP contribution in [0.3, 0.4) is 0 Å². The van der Waals surface area contributed by atoms with Gasteiger partial charge >= 0.3 is 0 Å². The molecule has 4 rings (SSSR count). The number of carbonyl (C=O) groups excluding carboxylic acids is 1. The molecule has 0 radical (unpaired) electrons. The van der Waals surface area contributed by atoms with Crippen LogP contribution in [-0.2, 0) is 17.9 Å². The molecule has 0 spiro atoms. The fraction of sp³-hybridized carbons (Fsp3) is 0.429. The van der Waals surface area contributed by atoms with E-state index in [9.17, 15) is 4.79 Å². The van der Waals surface area contributed by atoms with Gasteiger partial charge in [-0.25, -0.2) is 0 Å². The molecule has 0 saturated carbocycles. The number of fused-ring (bicyclic) bond motifs is 2. The molecule has 2 aromatic heterocycles. The lowest BCUT2D eigenvalue weighted by atomic mass is 10.0. The molecule has 6 heteroatoms. The molecule has 27 heavy (non-hydrogen) atoms. The predicted molar refractivity (Wildman–Crippen MR) is 106 cm³/mol. The van der Waals surface area contributed by atoms with Gasteiger partial charge in [0.2, 0.25) is 5.91 Å². The lowest BCUT2D eigenvalue weighted by Crippen LogP contribution is -2.41. The first kappa shape index (κ1) is 17.8. The standard InChI is InChI=1S/C21H27N5O/c1-3-21(27)24-15(2)11-18-14-25(13-17-7-10-23-26(17)18)12-16-5-4-6-20-19(16)8-9-22-20/h4-10,15,18,22H,3,11-14H2,1-2H3,(H,24,27). The number of amides is 1. The maximum atomic E-state index is 11.7. The summed E-state index contributed by atoms with van der Waals surface area (Å²) in [5.41, 5.74) is 3.76. The summed E-state index contributed by atoms with van der Waals surface area (Å²) in [6, 6.07) is 11.1. The first-order valence-corrected chi connectivity index (χ1v) is 9.73. The third kappa shape index (κ3) is 3.76. The molecule has 0 fully saturated rings. The van der Waals surface area contributed by atoms with Crippen molar-refractivity contribution in [3.8, 4) is 0 Å². The molecule has 0 aliphatic carbocycles. The van der Waals surface area contributed by atoms with Crippen molar-refractivity contribution >= 4 is 16.8 Å². The molecule has 1 aliphatic heterocycles. The predicted octanol–water partition coefficient (Wildman–Crippen LogP) is 3.23. The molecule has 3 heterocycles. The number of aromatic amines is 1. The smallest absolute Gasteiger partial charge is 0.219 e. The molecule has 1 aromatic carbocycles. The minimum Gasteiger partial charge on any atom is -0.361 e. The van der Waals surface area contributed by atoms with Crippen LogP contribution in [0.15, 0.2) is 42.7 Å². The highest BCUT2D eigenvalue weighted by molar-refractivity contribution is 5.82. The Balaban J connectivity index is 1.51. The van der Waals surface area contributed by atoms with Gasteiger partial charge in [0, 0.05) is 55.4 Å². The van der Waals surface area contributed by atoms with E-state index in [2.05, 4.69) is 62.2 Å². The monoisotopic (exact) mass is 365 g/mol. The van der Waals surface area contributed by atoms with Crippen molar-refractivity contribution in [1.82, 2.24) is 25.0 Å². The second kappa shape index (κ2) is 7.56. The fourth-order valence-electron chi connectivity index (χ4n) is 4.13. The van der Waals surface area contributed by atoms with Crippen LogP contribution in [0.1, 0.15) is 44.0 Å². The van der Waals surface area contributed by atoms with Crippen molar-refractivity contribution < 1.29 is 4.79 Å². The Hall–Kier alpha value is -2.60. The fourth-order valence-corrected chi connectivity index (χ4v) is 4.13. The van der Waals surface area contributed by atoms with E-state index in [0.717, 1.165) is 26.1 Å². The Morgan fingerprint density at radius 1 is 1.37 bits per heavy atom. The molecule has 0 saturated heterocycles. The van der Waals surface area contributed by atoms with Gasteiger partial charge in [-0.3, -0.25) is 14.4 Å². The zero-order valence-electron chi connectivity index (χ0n) is 16.0. The summed E-state index contributed by atoms with van der Waals surface area (Å²) in [5, 5.41) is 8.92. The summed E-state index contributed by atoms with van der Waals surface area (Å²) < 4.78 is 2.14. The van der Waals surface area contributed by atoms with Crippen LogP contribution in [0.4, 0.5) is 0 Å². The number of hydrogen-bond acceptors (Lipinski definition) is 3. The molecule has 2 N–H and O–H groups in total. The number of benzene rings is 1. The molecule has 2 atom stereocenters. The van der Waals surface area contributed by atoms with Gasteiger partial charge in [-0.05, 0) is 37.1 Å². The molecule has 3 aromatic rings. The highest BCUT2D eigenvalue weighted by Crippen LogP contribution is 2.27. The summed E-state index contributed by atoms with van der Waals surface area (Å²) in [6.45, 7) is 6.70. The number of carbonyl (C=O) groups is 1. The zero-order valence-corrected chi connectivity index (χ0v) is 16.0. The lowest BCUT2D eigenvalue weighted by Gasteiger charge is -2.35. The maximum absolute atomic E-state index is 11.7. The first-order valence-electron chi connectivity index (χ1n) is 9.73. The van der Waals surface area contributed by atoms with E-state index in [-0.39, 0.29) is 18.0 Å². The number of H-pyrrole nitrogens is 1. The Bertz CT molecular complexity index is 927. The van der Waals surface area contributed by atoms with Crippen molar-refractivity contribution in [1.29, 1.82) is 0 Å². The van der Waals surface area contributed by atoms with Crippen LogP contribution >= 0.6 is 0 Å². The molecule has 1 amide bonds. The van der Waals surface area contributed by atoms with E-state index >= 15 is 0 Å². The van der Waals surface area contributed by atoms with Crippen LogP contribution in [0.5, 0.6) is 0 Å². The van der Waals surface area contributed by atoms with Gasteiger partial charge in [0.15, 0.2) is 0 Å². The van der Waals surface area contributed by atoms with Gasteiger partial charge in [-0.15, -0.1) is 0 Å². The highest BCUT2D eigenvalue weighted by atomic mass is 16.1. The summed E-state index contributed by atoms with van der Waals surface area (Å²) in [7, 11) is 0. The van der Waals surface area contributed by atoms with Crippen molar-refractivity contribution in [2.75, 3.05) is 6.54 Å². The topological polar surface area (TPSA) is 66.0 Å². The van der Waals surface area contributed by atoms with Gasteiger partial charge < -0.3 is 10.3 Å². The Kier molecular flexibility index (Phi) is 4.99. The lowest BCUT2D eigenvalue weighted by molar-refractivity contribution is -0.121. The van der Waals surface area contributed by atoms with Gasteiger partial charge in [0.05, 0.1) is 11.7 Å². The number of nitrogens with one attached hydrogen (secondary N) is 2. The van der Waals surface area contributed by atoms with Crippen LogP contribution in [0.25, 0.3) is 10.9 Å². The van der Waals surface area contributed by atoms with Crippen molar-refractivity contribution in [2.45, 2.75) is 51.9 Å². The normalized spacial score (nSPS) is 18.4. The molecule has 2 unspecified atom stereocenters. The Labute approximate surface area is 159 Å². The van der Waals surface area contributed by atoms with Gasteiger partial charge in [0.1, 0.15) is 0 Å². The minimum atomic E-state index is 0.106. The van der Waals surface area contributed by atoms with E-state index < -0.39 is 0 Å². The minimum absolute atomic E-state index is 0.106. The van der Waals surface area contributed by atoms with Gasteiger partial charge in [0.25, 0.3) is 0 Å². The average Bonchev–Trinajstić information content (AvgIpc) is 3.31. The van der Waals surface area contributed by atoms with Crippen molar-refractivity contribution in [3.05, 3.63) is 54.0 Å². The first-order chi connectivity index (χ1) is 13.1. The average molecular weight is 365 g/mol. The number of aromatic nitrogens is 3. The molecule has 0 bridgehead atoms. The molecular formula is C21H27N5O.